The van der Waals surface area contributed by atoms with E-state index >= 15 is 0 Å². The van der Waals surface area contributed by atoms with Gasteiger partial charge in [0.05, 0.1) is 32.8 Å². The molecule has 1 unspecified atom stereocenters. The van der Waals surface area contributed by atoms with Crippen molar-refractivity contribution in [2.24, 2.45) is 0 Å². The van der Waals surface area contributed by atoms with Gasteiger partial charge in [0, 0.05) is 25.0 Å². The van der Waals surface area contributed by atoms with Gasteiger partial charge in [0.15, 0.2) is 5.79 Å². The molecule has 8 nitrogen and oxygen atoms in total. The van der Waals surface area contributed by atoms with E-state index in [4.69, 9.17) is 9.47 Å². The lowest BCUT2D eigenvalue weighted by Gasteiger charge is -2.45. The Morgan fingerprint density at radius 2 is 1.94 bits per heavy atom. The quantitative estimate of drug-likeness (QED) is 0.578. The van der Waals surface area contributed by atoms with Crippen LogP contribution in [0.5, 0.6) is 0 Å². The molecule has 0 radical (unpaired) electrons. The molecule has 0 bridgehead atoms. The second-order valence-corrected chi connectivity index (χ2v) is 8.78. The van der Waals surface area contributed by atoms with Gasteiger partial charge in [-0.2, -0.15) is 11.8 Å². The smallest absolute Gasteiger partial charge is 0.306 e. The second kappa shape index (κ2) is 11.5. The van der Waals surface area contributed by atoms with Gasteiger partial charge in [-0.05, 0) is 17.7 Å². The lowest BCUT2D eigenvalue weighted by atomic mass is 10.0. The number of nitrogens with one attached hydrogen (secondary N) is 2. The van der Waals surface area contributed by atoms with Crippen LogP contribution in [0.1, 0.15) is 31.2 Å². The van der Waals surface area contributed by atoms with E-state index in [0.717, 1.165) is 17.7 Å². The van der Waals surface area contributed by atoms with Crippen molar-refractivity contribution < 1.29 is 28.6 Å². The van der Waals surface area contributed by atoms with Crippen LogP contribution in [-0.4, -0.2) is 67.5 Å². The van der Waals surface area contributed by atoms with Gasteiger partial charge in [-0.1, -0.05) is 30.3 Å². The fourth-order valence-corrected chi connectivity index (χ4v) is 4.89. The maximum atomic E-state index is 13.2. The van der Waals surface area contributed by atoms with E-state index in [9.17, 15) is 14.4 Å². The molecule has 2 fully saturated rings. The predicted molar refractivity (Wildman–Crippen MR) is 116 cm³/mol. The van der Waals surface area contributed by atoms with Crippen LogP contribution in [0.3, 0.4) is 0 Å². The molecule has 1 aromatic carbocycles. The standard InChI is InChI=1S/C22H30N2O6S/c1-28-20(26)9-8-19(25)23-17(14-16-6-3-2-4-7-16)21(27)24-18-15-31-13-10-22(18)29-11-5-12-30-22/h2-4,6-7,17-18H,5,8-15H2,1H3,(H,23,25)(H,24,27)/t17-,18?/m0/s1. The summed E-state index contributed by atoms with van der Waals surface area (Å²) in [6.07, 6.45) is 1.80. The van der Waals surface area contributed by atoms with Gasteiger partial charge < -0.3 is 24.8 Å². The molecule has 0 saturated carbocycles. The molecule has 170 valence electrons. The van der Waals surface area contributed by atoms with Crippen LogP contribution in [0.4, 0.5) is 0 Å². The summed E-state index contributed by atoms with van der Waals surface area (Å²) >= 11 is 1.74. The molecule has 0 aromatic heterocycles. The number of ether oxygens (including phenoxy) is 3. The zero-order chi connectivity index (χ0) is 22.1. The van der Waals surface area contributed by atoms with Crippen molar-refractivity contribution >= 4 is 29.5 Å². The Morgan fingerprint density at radius 3 is 2.65 bits per heavy atom. The minimum absolute atomic E-state index is 0.0356. The van der Waals surface area contributed by atoms with Crippen LogP contribution in [0, 0.1) is 0 Å². The van der Waals surface area contributed by atoms with E-state index in [0.29, 0.717) is 31.8 Å². The van der Waals surface area contributed by atoms with Crippen LogP contribution in [0.15, 0.2) is 30.3 Å². The number of carbonyl (C=O) groups is 3. The van der Waals surface area contributed by atoms with Crippen molar-refractivity contribution in [3.63, 3.8) is 0 Å². The fraction of sp³-hybridized carbons (Fsp3) is 0.591. The van der Waals surface area contributed by atoms with Crippen LogP contribution < -0.4 is 10.6 Å². The Bertz CT molecular complexity index is 745. The van der Waals surface area contributed by atoms with Crippen molar-refractivity contribution in [2.75, 3.05) is 31.8 Å². The summed E-state index contributed by atoms with van der Waals surface area (Å²) in [5.74, 6) is -0.346. The van der Waals surface area contributed by atoms with Gasteiger partial charge in [0.25, 0.3) is 0 Å². The third kappa shape index (κ3) is 6.69. The zero-order valence-corrected chi connectivity index (χ0v) is 18.6. The maximum Gasteiger partial charge on any atom is 0.306 e. The van der Waals surface area contributed by atoms with E-state index in [1.807, 2.05) is 30.3 Å². The first kappa shape index (κ1) is 23.6. The summed E-state index contributed by atoms with van der Waals surface area (Å²) in [7, 11) is 1.28. The SMILES string of the molecule is COC(=O)CCC(=O)N[C@@H](Cc1ccccc1)C(=O)NC1CSCCC12OCCCO2. The Hall–Kier alpha value is -2.10. The van der Waals surface area contributed by atoms with Gasteiger partial charge in [0.2, 0.25) is 11.8 Å². The lowest BCUT2D eigenvalue weighted by Crippen LogP contribution is -2.63. The zero-order valence-electron chi connectivity index (χ0n) is 17.8. The lowest BCUT2D eigenvalue weighted by molar-refractivity contribution is -0.280. The van der Waals surface area contributed by atoms with Crippen molar-refractivity contribution in [1.29, 1.82) is 0 Å². The first-order valence-corrected chi connectivity index (χ1v) is 11.7. The van der Waals surface area contributed by atoms with E-state index in [-0.39, 0.29) is 30.7 Å². The minimum Gasteiger partial charge on any atom is -0.469 e. The third-order valence-corrected chi connectivity index (χ3v) is 6.49. The van der Waals surface area contributed by atoms with Crippen molar-refractivity contribution in [3.05, 3.63) is 35.9 Å². The van der Waals surface area contributed by atoms with Crippen LogP contribution in [0.25, 0.3) is 0 Å². The molecule has 3 rings (SSSR count). The normalized spacial score (nSPS) is 21.1. The highest BCUT2D eigenvalue weighted by Gasteiger charge is 2.46. The summed E-state index contributed by atoms with van der Waals surface area (Å²) in [5, 5.41) is 5.84. The number of amides is 2. The number of thioether (sulfide) groups is 1. The number of rotatable bonds is 8. The summed E-state index contributed by atoms with van der Waals surface area (Å²) in [6, 6.07) is 8.41. The predicted octanol–water partition coefficient (Wildman–Crippen LogP) is 1.42. The van der Waals surface area contributed by atoms with Gasteiger partial charge in [-0.25, -0.2) is 0 Å². The van der Waals surface area contributed by atoms with Crippen molar-refractivity contribution in [2.45, 2.75) is 50.0 Å². The molecule has 0 aliphatic carbocycles. The minimum atomic E-state index is -0.800. The maximum absolute atomic E-state index is 13.2. The van der Waals surface area contributed by atoms with E-state index in [1.165, 1.54) is 7.11 Å². The van der Waals surface area contributed by atoms with Gasteiger partial charge in [-0.15, -0.1) is 0 Å². The third-order valence-electron chi connectivity index (χ3n) is 5.43. The largest absolute Gasteiger partial charge is 0.469 e. The Labute approximate surface area is 186 Å². The summed E-state index contributed by atoms with van der Waals surface area (Å²) in [4.78, 5) is 37.0. The Kier molecular flexibility index (Phi) is 8.74. The molecule has 2 N–H and O–H groups in total. The molecule has 31 heavy (non-hydrogen) atoms. The second-order valence-electron chi connectivity index (χ2n) is 7.63. The Morgan fingerprint density at radius 1 is 1.19 bits per heavy atom. The van der Waals surface area contributed by atoms with Crippen molar-refractivity contribution in [1.82, 2.24) is 10.6 Å². The monoisotopic (exact) mass is 450 g/mol. The molecular weight excluding hydrogens is 420 g/mol. The molecule has 2 heterocycles. The summed E-state index contributed by atoms with van der Waals surface area (Å²) in [5.41, 5.74) is 0.925. The number of methoxy groups -OCH3 is 1. The summed E-state index contributed by atoms with van der Waals surface area (Å²) in [6.45, 7) is 1.21. The molecule has 2 atom stereocenters. The first-order valence-electron chi connectivity index (χ1n) is 10.6. The number of carbonyl (C=O) groups excluding carboxylic acids is 3. The first-order chi connectivity index (χ1) is 15.0. The molecular formula is C22H30N2O6S. The average Bonchev–Trinajstić information content (AvgIpc) is 2.80. The number of esters is 1. The average molecular weight is 451 g/mol. The molecule has 1 spiro atoms. The highest BCUT2D eigenvalue weighted by atomic mass is 32.2. The van der Waals surface area contributed by atoms with Crippen LogP contribution in [0.2, 0.25) is 0 Å². The van der Waals surface area contributed by atoms with Crippen molar-refractivity contribution in [3.8, 4) is 0 Å². The molecule has 2 amide bonds. The Balaban J connectivity index is 1.68. The van der Waals surface area contributed by atoms with Gasteiger partial charge >= 0.3 is 5.97 Å². The van der Waals surface area contributed by atoms with E-state index in [1.54, 1.807) is 11.8 Å². The van der Waals surface area contributed by atoms with E-state index < -0.39 is 17.8 Å². The van der Waals surface area contributed by atoms with Crippen LogP contribution in [-0.2, 0) is 35.0 Å². The van der Waals surface area contributed by atoms with E-state index in [2.05, 4.69) is 15.4 Å². The molecule has 1 aromatic rings. The highest BCUT2D eigenvalue weighted by molar-refractivity contribution is 7.99. The molecule has 2 aliphatic heterocycles. The molecule has 9 heteroatoms. The highest BCUT2D eigenvalue weighted by Crippen LogP contribution is 2.34. The molecule has 2 saturated heterocycles. The van der Waals surface area contributed by atoms with Gasteiger partial charge in [0.1, 0.15) is 6.04 Å². The number of hydrogen-bond acceptors (Lipinski definition) is 7. The van der Waals surface area contributed by atoms with Crippen LogP contribution >= 0.6 is 11.8 Å². The number of benzene rings is 1. The van der Waals surface area contributed by atoms with Gasteiger partial charge in [-0.3, -0.25) is 14.4 Å². The number of hydrogen-bond donors (Lipinski definition) is 2. The summed E-state index contributed by atoms with van der Waals surface area (Å²) < 4.78 is 16.6. The topological polar surface area (TPSA) is 103 Å². The molecule has 2 aliphatic rings. The fourth-order valence-electron chi connectivity index (χ4n) is 3.72.